The van der Waals surface area contributed by atoms with Crippen LogP contribution in [0.2, 0.25) is 0 Å². The predicted octanol–water partition coefficient (Wildman–Crippen LogP) is 2.54. The number of anilines is 1. The van der Waals surface area contributed by atoms with E-state index in [9.17, 15) is 4.79 Å². The monoisotopic (exact) mass is 255 g/mol. The Kier molecular flexibility index (Phi) is 3.71. The van der Waals surface area contributed by atoms with Crippen LogP contribution in [0.25, 0.3) is 0 Å². The van der Waals surface area contributed by atoms with Gasteiger partial charge in [-0.3, -0.25) is 4.79 Å². The van der Waals surface area contributed by atoms with Crippen molar-refractivity contribution < 1.29 is 9.53 Å². The Labute approximate surface area is 90.9 Å². The van der Waals surface area contributed by atoms with E-state index in [0.717, 1.165) is 0 Å². The van der Waals surface area contributed by atoms with Crippen molar-refractivity contribution in [3.8, 4) is 5.75 Å². The van der Waals surface area contributed by atoms with Crippen molar-refractivity contribution in [2.45, 2.75) is 0 Å². The molecule has 1 aromatic carbocycles. The van der Waals surface area contributed by atoms with E-state index in [-0.39, 0.29) is 5.91 Å². The van der Waals surface area contributed by atoms with Crippen molar-refractivity contribution in [2.75, 3.05) is 12.4 Å². The first-order chi connectivity index (χ1) is 6.63. The number of methoxy groups -OCH3 is 1. The molecule has 0 aliphatic rings. The summed E-state index contributed by atoms with van der Waals surface area (Å²) in [7, 11) is 1.57. The smallest absolute Gasteiger partial charge is 0.262 e. The molecule has 14 heavy (non-hydrogen) atoms. The predicted molar refractivity (Wildman–Crippen MR) is 59.7 cm³/mol. The van der Waals surface area contributed by atoms with Crippen LogP contribution in [0.15, 0.2) is 35.3 Å². The highest BCUT2D eigenvalue weighted by atomic mass is 79.9. The van der Waals surface area contributed by atoms with Gasteiger partial charge in [0, 0.05) is 11.8 Å². The fourth-order valence-electron chi connectivity index (χ4n) is 0.900. The molecule has 0 aliphatic heterocycles. The van der Waals surface area contributed by atoms with E-state index in [1.165, 1.54) is 0 Å². The molecule has 0 saturated carbocycles. The largest absolute Gasteiger partial charge is 0.497 e. The maximum Gasteiger partial charge on any atom is 0.262 e. The van der Waals surface area contributed by atoms with E-state index < -0.39 is 0 Å². The lowest BCUT2D eigenvalue weighted by Gasteiger charge is -2.05. The van der Waals surface area contributed by atoms with E-state index >= 15 is 0 Å². The van der Waals surface area contributed by atoms with Crippen molar-refractivity contribution in [3.63, 3.8) is 0 Å². The summed E-state index contributed by atoms with van der Waals surface area (Å²) in [5, 5.41) is 2.65. The number of nitrogens with one attached hydrogen (secondary N) is 1. The number of ether oxygens (including phenoxy) is 1. The van der Waals surface area contributed by atoms with Crippen molar-refractivity contribution in [3.05, 3.63) is 35.3 Å². The van der Waals surface area contributed by atoms with Crippen LogP contribution in [0, 0.1) is 0 Å². The Morgan fingerprint density at radius 1 is 1.57 bits per heavy atom. The average molecular weight is 256 g/mol. The molecule has 74 valence electrons. The van der Waals surface area contributed by atoms with Gasteiger partial charge in [0.15, 0.2) is 0 Å². The highest BCUT2D eigenvalue weighted by Crippen LogP contribution is 2.17. The van der Waals surface area contributed by atoms with E-state index in [4.69, 9.17) is 4.74 Å². The number of carbonyl (C=O) groups is 1. The minimum Gasteiger partial charge on any atom is -0.497 e. The summed E-state index contributed by atoms with van der Waals surface area (Å²) in [5.74, 6) is 0.432. The van der Waals surface area contributed by atoms with Gasteiger partial charge in [-0.2, -0.15) is 0 Å². The number of carbonyl (C=O) groups excluding carboxylic acids is 1. The molecule has 0 aromatic heterocycles. The quantitative estimate of drug-likeness (QED) is 0.844. The zero-order valence-corrected chi connectivity index (χ0v) is 9.30. The van der Waals surface area contributed by atoms with Crippen LogP contribution in [-0.4, -0.2) is 13.0 Å². The topological polar surface area (TPSA) is 38.3 Å². The van der Waals surface area contributed by atoms with Gasteiger partial charge in [-0.15, -0.1) is 0 Å². The Balaban J connectivity index is 2.76. The van der Waals surface area contributed by atoms with Crippen LogP contribution in [0.1, 0.15) is 0 Å². The Morgan fingerprint density at radius 3 is 2.86 bits per heavy atom. The van der Waals surface area contributed by atoms with Gasteiger partial charge in [-0.05, 0) is 28.1 Å². The third-order valence-corrected chi connectivity index (χ3v) is 1.93. The molecule has 0 heterocycles. The van der Waals surface area contributed by atoms with E-state index in [1.807, 2.05) is 0 Å². The van der Waals surface area contributed by atoms with E-state index in [2.05, 4.69) is 27.8 Å². The molecular weight excluding hydrogens is 246 g/mol. The zero-order valence-electron chi connectivity index (χ0n) is 7.71. The summed E-state index contributed by atoms with van der Waals surface area (Å²) in [6, 6.07) is 7.11. The van der Waals surface area contributed by atoms with Crippen LogP contribution in [-0.2, 0) is 4.79 Å². The second kappa shape index (κ2) is 4.81. The standard InChI is InChI=1S/C10H10BrNO2/c1-7(11)10(13)12-8-4-3-5-9(6-8)14-2/h3-6H,1H2,2H3,(H,12,13). The number of halogens is 1. The van der Waals surface area contributed by atoms with Gasteiger partial charge in [-0.25, -0.2) is 0 Å². The average Bonchev–Trinajstić information content (AvgIpc) is 2.18. The van der Waals surface area contributed by atoms with Gasteiger partial charge in [0.2, 0.25) is 0 Å². The van der Waals surface area contributed by atoms with Crippen molar-refractivity contribution in [2.24, 2.45) is 0 Å². The Bertz CT molecular complexity index is 363. The molecule has 0 saturated heterocycles. The molecule has 0 radical (unpaired) electrons. The minimum atomic E-state index is -0.266. The van der Waals surface area contributed by atoms with Crippen LogP contribution in [0.4, 0.5) is 5.69 Å². The maximum atomic E-state index is 11.2. The van der Waals surface area contributed by atoms with Gasteiger partial charge >= 0.3 is 0 Å². The van der Waals surface area contributed by atoms with Gasteiger partial charge < -0.3 is 10.1 Å². The lowest BCUT2D eigenvalue weighted by atomic mass is 10.3. The van der Waals surface area contributed by atoms with Crippen LogP contribution in [0.5, 0.6) is 5.75 Å². The summed E-state index contributed by atoms with van der Waals surface area (Å²) in [4.78, 5) is 11.2. The first-order valence-electron chi connectivity index (χ1n) is 3.93. The molecule has 1 rings (SSSR count). The number of amides is 1. The maximum absolute atomic E-state index is 11.2. The number of rotatable bonds is 3. The van der Waals surface area contributed by atoms with Crippen LogP contribution in [0.3, 0.4) is 0 Å². The summed E-state index contributed by atoms with van der Waals surface area (Å²) in [6.45, 7) is 3.47. The molecular formula is C10H10BrNO2. The van der Waals surface area contributed by atoms with E-state index in [1.54, 1.807) is 31.4 Å². The molecule has 3 nitrogen and oxygen atoms in total. The number of hydrogen-bond donors (Lipinski definition) is 1. The minimum absolute atomic E-state index is 0.266. The molecule has 0 unspecified atom stereocenters. The first kappa shape index (κ1) is 10.8. The Hall–Kier alpha value is -1.29. The lowest BCUT2D eigenvalue weighted by Crippen LogP contribution is -2.10. The SMILES string of the molecule is C=C(Br)C(=O)Nc1cccc(OC)c1. The normalized spacial score (nSPS) is 9.29. The van der Waals surface area contributed by atoms with Crippen LogP contribution >= 0.6 is 15.9 Å². The molecule has 0 aliphatic carbocycles. The number of hydrogen-bond acceptors (Lipinski definition) is 2. The third kappa shape index (κ3) is 2.88. The lowest BCUT2D eigenvalue weighted by molar-refractivity contribution is -0.112. The summed E-state index contributed by atoms with van der Waals surface area (Å²) in [5.41, 5.74) is 0.676. The fourth-order valence-corrected chi connectivity index (χ4v) is 0.999. The highest BCUT2D eigenvalue weighted by molar-refractivity contribution is 9.12. The van der Waals surface area contributed by atoms with E-state index in [0.29, 0.717) is 15.9 Å². The van der Waals surface area contributed by atoms with Gasteiger partial charge in [-0.1, -0.05) is 12.6 Å². The van der Waals surface area contributed by atoms with Gasteiger partial charge in [0.25, 0.3) is 5.91 Å². The molecule has 0 atom stereocenters. The molecule has 1 aromatic rings. The number of benzene rings is 1. The molecule has 1 N–H and O–H groups in total. The third-order valence-electron chi connectivity index (χ3n) is 1.57. The first-order valence-corrected chi connectivity index (χ1v) is 4.72. The van der Waals surface area contributed by atoms with Crippen molar-refractivity contribution in [1.82, 2.24) is 0 Å². The highest BCUT2D eigenvalue weighted by Gasteiger charge is 2.03. The molecule has 4 heteroatoms. The summed E-state index contributed by atoms with van der Waals surface area (Å²) in [6.07, 6.45) is 0. The van der Waals surface area contributed by atoms with Gasteiger partial charge in [0.1, 0.15) is 5.75 Å². The molecule has 1 amide bonds. The Morgan fingerprint density at radius 2 is 2.29 bits per heavy atom. The molecule has 0 fully saturated rings. The second-order valence-electron chi connectivity index (χ2n) is 2.59. The molecule has 0 spiro atoms. The van der Waals surface area contributed by atoms with Gasteiger partial charge in [0.05, 0.1) is 11.6 Å². The second-order valence-corrected chi connectivity index (χ2v) is 3.55. The fraction of sp³-hybridized carbons (Fsp3) is 0.100. The zero-order chi connectivity index (χ0) is 10.6. The van der Waals surface area contributed by atoms with Crippen molar-refractivity contribution >= 4 is 27.5 Å². The summed E-state index contributed by atoms with van der Waals surface area (Å²) < 4.78 is 5.30. The molecule has 0 bridgehead atoms. The van der Waals surface area contributed by atoms with Crippen LogP contribution < -0.4 is 10.1 Å². The summed E-state index contributed by atoms with van der Waals surface area (Å²) >= 11 is 3.00. The van der Waals surface area contributed by atoms with Crippen molar-refractivity contribution in [1.29, 1.82) is 0 Å².